The first kappa shape index (κ1) is 15.7. The van der Waals surface area contributed by atoms with Crippen LogP contribution in [0.3, 0.4) is 0 Å². The Kier molecular flexibility index (Phi) is 5.00. The highest BCUT2D eigenvalue weighted by atomic mass is 79.9. The van der Waals surface area contributed by atoms with Gasteiger partial charge in [0.15, 0.2) is 0 Å². The molecular formula is C12H16BrN3O2S2. The van der Waals surface area contributed by atoms with Gasteiger partial charge in [0.1, 0.15) is 4.99 Å². The molecule has 0 aromatic heterocycles. The van der Waals surface area contributed by atoms with Gasteiger partial charge < -0.3 is 5.73 Å². The number of benzene rings is 1. The summed E-state index contributed by atoms with van der Waals surface area (Å²) in [5, 5.41) is 0. The highest BCUT2D eigenvalue weighted by Gasteiger charge is 2.24. The monoisotopic (exact) mass is 377 g/mol. The van der Waals surface area contributed by atoms with Crippen molar-refractivity contribution in [3.05, 3.63) is 28.2 Å². The van der Waals surface area contributed by atoms with Crippen molar-refractivity contribution < 1.29 is 8.42 Å². The first-order chi connectivity index (χ1) is 9.40. The minimum absolute atomic E-state index is 0.274. The molecule has 0 radical (unpaired) electrons. The Hall–Kier alpha value is -0.700. The molecule has 1 aliphatic heterocycles. The summed E-state index contributed by atoms with van der Waals surface area (Å²) in [6, 6.07) is 5.05. The zero-order valence-electron chi connectivity index (χ0n) is 10.8. The van der Waals surface area contributed by atoms with Crippen molar-refractivity contribution in [1.82, 2.24) is 4.31 Å². The number of nitrogens with zero attached hydrogens (tertiary/aromatic N) is 1. The van der Waals surface area contributed by atoms with E-state index in [2.05, 4.69) is 20.7 Å². The number of anilines is 1. The molecule has 0 aliphatic carbocycles. The van der Waals surface area contributed by atoms with Crippen LogP contribution in [-0.4, -0.2) is 30.8 Å². The van der Waals surface area contributed by atoms with E-state index in [1.165, 1.54) is 4.31 Å². The van der Waals surface area contributed by atoms with E-state index in [0.717, 1.165) is 19.3 Å². The van der Waals surface area contributed by atoms with Crippen molar-refractivity contribution in [2.75, 3.05) is 17.8 Å². The maximum absolute atomic E-state index is 12.3. The Bertz CT molecular complexity index is 613. The van der Waals surface area contributed by atoms with Crippen molar-refractivity contribution in [3.8, 4) is 0 Å². The van der Waals surface area contributed by atoms with Crippen molar-refractivity contribution >= 4 is 49.0 Å². The molecule has 1 aliphatic rings. The number of rotatable bonds is 4. The lowest BCUT2D eigenvalue weighted by Gasteiger charge is -2.26. The average molecular weight is 378 g/mol. The summed E-state index contributed by atoms with van der Waals surface area (Å²) in [7, 11) is -3.50. The van der Waals surface area contributed by atoms with E-state index in [1.54, 1.807) is 18.2 Å². The predicted molar refractivity (Wildman–Crippen MR) is 88.0 cm³/mol. The predicted octanol–water partition coefficient (Wildman–Crippen LogP) is 2.23. The van der Waals surface area contributed by atoms with Gasteiger partial charge in [-0.1, -0.05) is 18.6 Å². The zero-order chi connectivity index (χ0) is 14.8. The Morgan fingerprint density at radius 3 is 2.50 bits per heavy atom. The molecule has 1 fully saturated rings. The third kappa shape index (κ3) is 3.69. The Labute approximate surface area is 132 Å². The van der Waals surface area contributed by atoms with E-state index in [4.69, 9.17) is 18.0 Å². The van der Waals surface area contributed by atoms with Crippen molar-refractivity contribution in [2.24, 2.45) is 5.73 Å². The first-order valence-electron chi connectivity index (χ1n) is 6.27. The largest absolute Gasteiger partial charge is 0.389 e. The Balaban J connectivity index is 2.18. The van der Waals surface area contributed by atoms with Crippen molar-refractivity contribution in [3.63, 3.8) is 0 Å². The van der Waals surface area contributed by atoms with Gasteiger partial charge in [-0.15, -0.1) is 0 Å². The van der Waals surface area contributed by atoms with Gasteiger partial charge in [-0.05, 0) is 47.0 Å². The molecule has 0 unspecified atom stereocenters. The molecule has 0 amide bonds. The summed E-state index contributed by atoms with van der Waals surface area (Å²) < 4.78 is 29.2. The normalized spacial score (nSPS) is 16.9. The molecule has 5 nitrogen and oxygen atoms in total. The second kappa shape index (κ2) is 6.38. The van der Waals surface area contributed by atoms with E-state index < -0.39 is 10.2 Å². The highest BCUT2D eigenvalue weighted by molar-refractivity contribution is 9.10. The molecule has 0 spiro atoms. The molecule has 2 rings (SSSR count). The van der Waals surface area contributed by atoms with Gasteiger partial charge in [-0.3, -0.25) is 4.72 Å². The van der Waals surface area contributed by atoms with Gasteiger partial charge in [-0.25, -0.2) is 0 Å². The fraction of sp³-hybridized carbons (Fsp3) is 0.417. The summed E-state index contributed by atoms with van der Waals surface area (Å²) in [5.41, 5.74) is 6.71. The molecule has 1 saturated heterocycles. The molecule has 110 valence electrons. The van der Waals surface area contributed by atoms with Crippen molar-refractivity contribution in [2.45, 2.75) is 19.3 Å². The minimum Gasteiger partial charge on any atom is -0.389 e. The third-order valence-electron chi connectivity index (χ3n) is 3.15. The molecule has 8 heteroatoms. The van der Waals surface area contributed by atoms with Crippen LogP contribution in [0.25, 0.3) is 0 Å². The number of hydrogen-bond donors (Lipinski definition) is 2. The van der Waals surface area contributed by atoms with Gasteiger partial charge in [-0.2, -0.15) is 12.7 Å². The van der Waals surface area contributed by atoms with Gasteiger partial charge >= 0.3 is 10.2 Å². The van der Waals surface area contributed by atoms with E-state index in [-0.39, 0.29) is 4.99 Å². The lowest BCUT2D eigenvalue weighted by atomic mass is 10.2. The third-order valence-corrected chi connectivity index (χ3v) is 5.56. The van der Waals surface area contributed by atoms with E-state index >= 15 is 0 Å². The molecule has 20 heavy (non-hydrogen) atoms. The van der Waals surface area contributed by atoms with Crippen LogP contribution in [0.1, 0.15) is 24.8 Å². The average Bonchev–Trinajstić information content (AvgIpc) is 2.41. The smallest absolute Gasteiger partial charge is 0.301 e. The van der Waals surface area contributed by atoms with Gasteiger partial charge in [0.2, 0.25) is 0 Å². The Morgan fingerprint density at radius 1 is 1.30 bits per heavy atom. The molecule has 3 N–H and O–H groups in total. The SMILES string of the molecule is NC(=S)c1ccc(NS(=O)(=O)N2CCCCC2)c(Br)c1. The molecule has 1 heterocycles. The number of hydrogen-bond acceptors (Lipinski definition) is 3. The van der Waals surface area contributed by atoms with E-state index in [9.17, 15) is 8.42 Å². The van der Waals surface area contributed by atoms with Crippen LogP contribution in [0.2, 0.25) is 0 Å². The Morgan fingerprint density at radius 2 is 1.95 bits per heavy atom. The van der Waals surface area contributed by atoms with E-state index in [1.807, 2.05) is 0 Å². The summed E-state index contributed by atoms with van der Waals surface area (Å²) in [6.45, 7) is 1.13. The standard InChI is InChI=1S/C12H16BrN3O2S2/c13-10-8-9(12(14)19)4-5-11(10)15-20(17,18)16-6-2-1-3-7-16/h4-5,8,15H,1-3,6-7H2,(H2,14,19). The van der Waals surface area contributed by atoms with Crippen molar-refractivity contribution in [1.29, 1.82) is 0 Å². The van der Waals surface area contributed by atoms with Crippen LogP contribution in [0, 0.1) is 0 Å². The van der Waals surface area contributed by atoms with Gasteiger partial charge in [0.05, 0.1) is 5.69 Å². The van der Waals surface area contributed by atoms with Crippen LogP contribution in [0.5, 0.6) is 0 Å². The molecule has 1 aromatic carbocycles. The highest BCUT2D eigenvalue weighted by Crippen LogP contribution is 2.26. The molecular weight excluding hydrogens is 362 g/mol. The summed E-state index contributed by atoms with van der Waals surface area (Å²) in [4.78, 5) is 0.274. The maximum Gasteiger partial charge on any atom is 0.301 e. The second-order valence-corrected chi connectivity index (χ2v) is 7.59. The topological polar surface area (TPSA) is 75.4 Å². The van der Waals surface area contributed by atoms with Crippen LogP contribution in [-0.2, 0) is 10.2 Å². The van der Waals surface area contributed by atoms with Crippen LogP contribution >= 0.6 is 28.1 Å². The molecule has 1 aromatic rings. The fourth-order valence-electron chi connectivity index (χ4n) is 2.06. The second-order valence-electron chi connectivity index (χ2n) is 4.63. The molecule has 0 bridgehead atoms. The van der Waals surface area contributed by atoms with E-state index in [0.29, 0.717) is 28.8 Å². The number of thiocarbonyl (C=S) groups is 1. The zero-order valence-corrected chi connectivity index (χ0v) is 14.0. The number of nitrogens with one attached hydrogen (secondary N) is 1. The van der Waals surface area contributed by atoms with Crippen LogP contribution < -0.4 is 10.5 Å². The summed E-state index contributed by atoms with van der Waals surface area (Å²) in [5.74, 6) is 0. The van der Waals surface area contributed by atoms with Gasteiger partial charge in [0, 0.05) is 23.1 Å². The van der Waals surface area contributed by atoms with Crippen LogP contribution in [0.15, 0.2) is 22.7 Å². The molecule has 0 saturated carbocycles. The quantitative estimate of drug-likeness (QED) is 0.788. The number of piperidine rings is 1. The van der Waals surface area contributed by atoms with Gasteiger partial charge in [0.25, 0.3) is 0 Å². The fourth-order valence-corrected chi connectivity index (χ4v) is 4.12. The first-order valence-corrected chi connectivity index (χ1v) is 8.91. The maximum atomic E-state index is 12.3. The number of nitrogens with two attached hydrogens (primary N) is 1. The lowest BCUT2D eigenvalue weighted by Crippen LogP contribution is -2.39. The summed E-state index contributed by atoms with van der Waals surface area (Å²) >= 11 is 8.22. The lowest BCUT2D eigenvalue weighted by molar-refractivity contribution is 0.349. The van der Waals surface area contributed by atoms with Crippen LogP contribution in [0.4, 0.5) is 5.69 Å². The minimum atomic E-state index is -3.50. The number of halogens is 1. The summed E-state index contributed by atoms with van der Waals surface area (Å²) in [6.07, 6.45) is 2.89. The molecule has 0 atom stereocenters.